The fourth-order valence-corrected chi connectivity index (χ4v) is 1.72. The molecular weight excluding hydrogens is 217 g/mol. The van der Waals surface area contributed by atoms with E-state index in [9.17, 15) is 9.36 Å². The van der Waals surface area contributed by atoms with Crippen LogP contribution in [0, 0.1) is 0 Å². The molecule has 6 heteroatoms. The lowest BCUT2D eigenvalue weighted by atomic mass is 10.4. The summed E-state index contributed by atoms with van der Waals surface area (Å²) in [5.41, 5.74) is 0. The maximum atomic E-state index is 11.6. The zero-order valence-electron chi connectivity index (χ0n) is 8.47. The van der Waals surface area contributed by atoms with Gasteiger partial charge in [0.15, 0.2) is 0 Å². The molecule has 0 aliphatic rings. The van der Waals surface area contributed by atoms with Crippen molar-refractivity contribution < 1.29 is 19.0 Å². The van der Waals surface area contributed by atoms with Gasteiger partial charge in [0.05, 0.1) is 0 Å². The summed E-state index contributed by atoms with van der Waals surface area (Å²) in [7, 11) is -3.17. The largest absolute Gasteiger partial charge is 0.480 e. The van der Waals surface area contributed by atoms with E-state index in [1.807, 2.05) is 0 Å². The van der Waals surface area contributed by atoms with Gasteiger partial charge in [0, 0.05) is 6.66 Å². The number of nitrogens with one attached hydrogen (secondary N) is 1. The fourth-order valence-electron chi connectivity index (χ4n) is 0.697. The van der Waals surface area contributed by atoms with E-state index in [-0.39, 0.29) is 5.76 Å². The summed E-state index contributed by atoms with van der Waals surface area (Å²) < 4.78 is 16.7. The van der Waals surface area contributed by atoms with Crippen molar-refractivity contribution >= 4 is 13.5 Å². The highest BCUT2D eigenvalue weighted by molar-refractivity contribution is 7.56. The first-order chi connectivity index (χ1) is 6.91. The standard InChI is InChI=1S/C9H14NO4P/c1-4-6-8(5-2)14-15(3,13)10-7-9(11)12/h4-6H,1-2,7H2,3H3,(H,10,13)(H,11,12)/b8-6+. The normalized spacial score (nSPS) is 15.1. The molecule has 2 N–H and O–H groups in total. The second-order valence-corrected chi connectivity index (χ2v) is 4.87. The van der Waals surface area contributed by atoms with Crippen molar-refractivity contribution in [3.8, 4) is 0 Å². The third-order valence-electron chi connectivity index (χ3n) is 1.28. The Morgan fingerprint density at radius 3 is 2.60 bits per heavy atom. The van der Waals surface area contributed by atoms with Gasteiger partial charge in [0.25, 0.3) is 0 Å². The van der Waals surface area contributed by atoms with E-state index in [1.165, 1.54) is 24.9 Å². The number of carboxylic acid groups (broad SMARTS) is 1. The Balaban J connectivity index is 4.41. The van der Waals surface area contributed by atoms with Crippen LogP contribution in [0.15, 0.2) is 37.1 Å². The summed E-state index contributed by atoms with van der Waals surface area (Å²) in [6, 6.07) is 0. The molecule has 1 unspecified atom stereocenters. The Hall–Kier alpha value is -1.32. The van der Waals surface area contributed by atoms with Crippen LogP contribution in [0.25, 0.3) is 0 Å². The number of hydrogen-bond acceptors (Lipinski definition) is 3. The second kappa shape index (κ2) is 6.22. The van der Waals surface area contributed by atoms with E-state index in [0.717, 1.165) is 0 Å². The first-order valence-corrected chi connectivity index (χ1v) is 6.17. The lowest BCUT2D eigenvalue weighted by Crippen LogP contribution is -2.20. The maximum Gasteiger partial charge on any atom is 0.317 e. The molecule has 0 aliphatic carbocycles. The zero-order chi connectivity index (χ0) is 11.9. The molecule has 0 radical (unpaired) electrons. The number of carboxylic acids is 1. The van der Waals surface area contributed by atoms with E-state index in [4.69, 9.17) is 9.63 Å². The first-order valence-electron chi connectivity index (χ1n) is 4.10. The van der Waals surface area contributed by atoms with Crippen LogP contribution in [0.5, 0.6) is 0 Å². The average Bonchev–Trinajstić information content (AvgIpc) is 2.14. The molecule has 5 nitrogen and oxygen atoms in total. The Labute approximate surface area is 88.6 Å². The summed E-state index contributed by atoms with van der Waals surface area (Å²) in [4.78, 5) is 10.2. The number of aliphatic carboxylic acids is 1. The van der Waals surface area contributed by atoms with Gasteiger partial charge in [-0.1, -0.05) is 19.2 Å². The molecule has 0 fully saturated rings. The van der Waals surface area contributed by atoms with Crippen molar-refractivity contribution in [2.75, 3.05) is 13.2 Å². The lowest BCUT2D eigenvalue weighted by Gasteiger charge is -2.15. The van der Waals surface area contributed by atoms with E-state index in [2.05, 4.69) is 18.2 Å². The minimum Gasteiger partial charge on any atom is -0.480 e. The molecule has 0 rings (SSSR count). The molecule has 0 saturated heterocycles. The van der Waals surface area contributed by atoms with Gasteiger partial charge < -0.3 is 9.63 Å². The van der Waals surface area contributed by atoms with Gasteiger partial charge in [0.1, 0.15) is 12.3 Å². The smallest absolute Gasteiger partial charge is 0.317 e. The van der Waals surface area contributed by atoms with Gasteiger partial charge >= 0.3 is 13.5 Å². The Bertz CT molecular complexity index is 335. The number of carbonyl (C=O) groups is 1. The average molecular weight is 231 g/mol. The molecule has 15 heavy (non-hydrogen) atoms. The van der Waals surface area contributed by atoms with Crippen LogP contribution in [0.3, 0.4) is 0 Å². The van der Waals surface area contributed by atoms with Crippen LogP contribution >= 0.6 is 7.52 Å². The van der Waals surface area contributed by atoms with Crippen LogP contribution in [-0.2, 0) is 13.9 Å². The Morgan fingerprint density at radius 1 is 1.60 bits per heavy atom. The second-order valence-electron chi connectivity index (χ2n) is 2.67. The van der Waals surface area contributed by atoms with Crippen LogP contribution in [0.1, 0.15) is 0 Å². The Morgan fingerprint density at radius 2 is 2.20 bits per heavy atom. The molecule has 0 aliphatic heterocycles. The van der Waals surface area contributed by atoms with Gasteiger partial charge in [-0.3, -0.25) is 9.36 Å². The molecule has 0 amide bonds. The summed E-state index contributed by atoms with van der Waals surface area (Å²) in [5, 5.41) is 10.7. The highest BCUT2D eigenvalue weighted by Crippen LogP contribution is 2.40. The predicted molar refractivity (Wildman–Crippen MR) is 58.7 cm³/mol. The summed E-state index contributed by atoms with van der Waals surface area (Å²) in [6.07, 6.45) is 4.29. The monoisotopic (exact) mass is 231 g/mol. The predicted octanol–water partition coefficient (Wildman–Crippen LogP) is 1.76. The van der Waals surface area contributed by atoms with Gasteiger partial charge in [-0.05, 0) is 12.2 Å². The molecule has 0 heterocycles. The van der Waals surface area contributed by atoms with E-state index in [1.54, 1.807) is 0 Å². The fraction of sp³-hybridized carbons (Fsp3) is 0.222. The topological polar surface area (TPSA) is 75.6 Å². The van der Waals surface area contributed by atoms with Gasteiger partial charge in [-0.15, -0.1) is 0 Å². The van der Waals surface area contributed by atoms with E-state index < -0.39 is 20.0 Å². The Kier molecular flexibility index (Phi) is 5.67. The van der Waals surface area contributed by atoms with Gasteiger partial charge in [-0.25, -0.2) is 5.09 Å². The van der Waals surface area contributed by atoms with Crippen molar-refractivity contribution in [2.24, 2.45) is 0 Å². The van der Waals surface area contributed by atoms with Crippen molar-refractivity contribution in [3.63, 3.8) is 0 Å². The highest BCUT2D eigenvalue weighted by atomic mass is 31.2. The SMILES string of the molecule is C=C/C=C(\C=C)OP(C)(=O)NCC(=O)O. The third kappa shape index (κ3) is 6.71. The maximum absolute atomic E-state index is 11.6. The van der Waals surface area contributed by atoms with E-state index in [0.29, 0.717) is 0 Å². The minimum absolute atomic E-state index is 0.272. The molecule has 0 spiro atoms. The quantitative estimate of drug-likeness (QED) is 0.396. The van der Waals surface area contributed by atoms with Crippen LogP contribution in [-0.4, -0.2) is 24.3 Å². The number of rotatable bonds is 7. The number of hydrogen-bond donors (Lipinski definition) is 2. The van der Waals surface area contributed by atoms with Gasteiger partial charge in [0.2, 0.25) is 0 Å². The van der Waals surface area contributed by atoms with Gasteiger partial charge in [-0.2, -0.15) is 0 Å². The summed E-state index contributed by atoms with van der Waals surface area (Å²) >= 11 is 0. The molecule has 0 aromatic heterocycles. The van der Waals surface area contributed by atoms with Crippen LogP contribution in [0.4, 0.5) is 0 Å². The van der Waals surface area contributed by atoms with Crippen molar-refractivity contribution in [2.45, 2.75) is 0 Å². The molecule has 0 aromatic carbocycles. The molecule has 84 valence electrons. The molecule has 0 aromatic rings. The molecule has 1 atom stereocenters. The summed E-state index contributed by atoms with van der Waals surface area (Å²) in [6.45, 7) is 7.76. The molecule has 0 bridgehead atoms. The lowest BCUT2D eigenvalue weighted by molar-refractivity contribution is -0.135. The van der Waals surface area contributed by atoms with Crippen LogP contribution < -0.4 is 5.09 Å². The first kappa shape index (κ1) is 13.7. The molecule has 0 saturated carbocycles. The summed E-state index contributed by atoms with van der Waals surface area (Å²) in [5.74, 6) is -0.831. The van der Waals surface area contributed by atoms with Crippen molar-refractivity contribution in [3.05, 3.63) is 37.1 Å². The van der Waals surface area contributed by atoms with Crippen molar-refractivity contribution in [1.29, 1.82) is 0 Å². The van der Waals surface area contributed by atoms with Crippen molar-refractivity contribution in [1.82, 2.24) is 5.09 Å². The number of allylic oxidation sites excluding steroid dienone is 3. The zero-order valence-corrected chi connectivity index (χ0v) is 9.37. The highest BCUT2D eigenvalue weighted by Gasteiger charge is 2.17. The van der Waals surface area contributed by atoms with Crippen LogP contribution in [0.2, 0.25) is 0 Å². The molecular formula is C9H14NO4P. The third-order valence-corrected chi connectivity index (χ3v) is 2.57. The minimum atomic E-state index is -3.17. The van der Waals surface area contributed by atoms with E-state index >= 15 is 0 Å².